The summed E-state index contributed by atoms with van der Waals surface area (Å²) in [6, 6.07) is 10.1. The number of benzene rings is 1. The molecule has 0 atom stereocenters. The molecule has 0 aliphatic rings. The zero-order valence-electron chi connectivity index (χ0n) is 13.0. The molecule has 2 heterocycles. The number of aryl methyl sites for hydroxylation is 2. The van der Waals surface area contributed by atoms with Crippen LogP contribution in [-0.2, 0) is 12.8 Å². The quantitative estimate of drug-likeness (QED) is 0.734. The topological polar surface area (TPSA) is 54.9 Å². The van der Waals surface area contributed by atoms with Gasteiger partial charge in [0.2, 0.25) is 0 Å². The van der Waals surface area contributed by atoms with E-state index in [0.29, 0.717) is 10.6 Å². The Hall–Kier alpha value is -2.05. The van der Waals surface area contributed by atoms with Gasteiger partial charge in [-0.3, -0.25) is 4.79 Å². The van der Waals surface area contributed by atoms with Gasteiger partial charge in [0.15, 0.2) is 0 Å². The monoisotopic (exact) mass is 343 g/mol. The second-order valence-electron chi connectivity index (χ2n) is 5.04. The number of para-hydroxylation sites is 1. The maximum Gasteiger partial charge on any atom is 0.269 e. The van der Waals surface area contributed by atoms with Gasteiger partial charge in [0.25, 0.3) is 5.91 Å². The predicted molar refractivity (Wildman–Crippen MR) is 96.4 cm³/mol. The molecule has 1 N–H and O–H groups in total. The molecule has 0 saturated heterocycles. The number of nitrogens with one attached hydrogen (secondary N) is 1. The third-order valence-electron chi connectivity index (χ3n) is 3.69. The molecule has 0 fully saturated rings. The lowest BCUT2D eigenvalue weighted by atomic mass is 10.0. The van der Waals surface area contributed by atoms with Gasteiger partial charge in [-0.15, -0.1) is 16.4 Å². The number of carbonyl (C=O) groups is 1. The van der Waals surface area contributed by atoms with Gasteiger partial charge in [-0.25, -0.2) is 0 Å². The van der Waals surface area contributed by atoms with Gasteiger partial charge in [0.05, 0.1) is 4.88 Å². The molecular formula is C17H17N3OS2. The molecule has 1 aromatic carbocycles. The Morgan fingerprint density at radius 1 is 1.13 bits per heavy atom. The number of anilines is 1. The van der Waals surface area contributed by atoms with Crippen LogP contribution in [0.2, 0.25) is 0 Å². The largest absolute Gasteiger partial charge is 0.321 e. The Balaban J connectivity index is 1.94. The maximum absolute atomic E-state index is 12.8. The summed E-state index contributed by atoms with van der Waals surface area (Å²) < 4.78 is 3.96. The summed E-state index contributed by atoms with van der Waals surface area (Å²) in [6.45, 7) is 4.19. The molecule has 0 spiro atoms. The van der Waals surface area contributed by atoms with E-state index in [2.05, 4.69) is 40.9 Å². The van der Waals surface area contributed by atoms with Crippen LogP contribution in [0.25, 0.3) is 10.6 Å². The Morgan fingerprint density at radius 3 is 2.48 bits per heavy atom. The maximum atomic E-state index is 12.8. The van der Waals surface area contributed by atoms with E-state index in [0.717, 1.165) is 46.1 Å². The van der Waals surface area contributed by atoms with Crippen molar-refractivity contribution < 1.29 is 4.79 Å². The SMILES string of the molecule is CCc1cccc(CC)c1NC(=O)c1snnc1-c1cccs1. The fourth-order valence-corrected chi connectivity index (χ4v) is 3.84. The van der Waals surface area contributed by atoms with Crippen LogP contribution >= 0.6 is 22.9 Å². The molecule has 23 heavy (non-hydrogen) atoms. The van der Waals surface area contributed by atoms with Gasteiger partial charge in [-0.1, -0.05) is 42.6 Å². The average molecular weight is 343 g/mol. The van der Waals surface area contributed by atoms with Crippen LogP contribution in [0.3, 0.4) is 0 Å². The van der Waals surface area contributed by atoms with E-state index >= 15 is 0 Å². The van der Waals surface area contributed by atoms with Crippen LogP contribution in [0.15, 0.2) is 35.7 Å². The highest BCUT2D eigenvalue weighted by Crippen LogP contribution is 2.30. The van der Waals surface area contributed by atoms with Crippen LogP contribution in [0.4, 0.5) is 5.69 Å². The molecule has 0 aliphatic heterocycles. The molecule has 118 valence electrons. The van der Waals surface area contributed by atoms with Crippen molar-refractivity contribution in [2.75, 3.05) is 5.32 Å². The molecule has 2 aromatic heterocycles. The lowest BCUT2D eigenvalue weighted by molar-refractivity contribution is 0.103. The molecule has 3 rings (SSSR count). The van der Waals surface area contributed by atoms with Crippen molar-refractivity contribution in [3.8, 4) is 10.6 Å². The van der Waals surface area contributed by atoms with Crippen molar-refractivity contribution in [1.82, 2.24) is 9.59 Å². The molecule has 4 nitrogen and oxygen atoms in total. The highest BCUT2D eigenvalue weighted by molar-refractivity contribution is 7.14. The smallest absolute Gasteiger partial charge is 0.269 e. The van der Waals surface area contributed by atoms with Crippen LogP contribution in [0, 0.1) is 0 Å². The van der Waals surface area contributed by atoms with Gasteiger partial charge in [-0.05, 0) is 46.9 Å². The number of rotatable bonds is 5. The second kappa shape index (κ2) is 7.02. The van der Waals surface area contributed by atoms with E-state index in [1.54, 1.807) is 11.3 Å². The van der Waals surface area contributed by atoms with Crippen LogP contribution in [0.5, 0.6) is 0 Å². The lowest BCUT2D eigenvalue weighted by Crippen LogP contribution is -2.14. The Bertz CT molecular complexity index is 787. The molecular weight excluding hydrogens is 326 g/mol. The number of aromatic nitrogens is 2. The number of amides is 1. The molecule has 0 radical (unpaired) electrons. The minimum atomic E-state index is -0.140. The lowest BCUT2D eigenvalue weighted by Gasteiger charge is -2.14. The number of carbonyl (C=O) groups excluding carboxylic acids is 1. The molecule has 0 aliphatic carbocycles. The van der Waals surface area contributed by atoms with Gasteiger partial charge < -0.3 is 5.32 Å². The summed E-state index contributed by atoms with van der Waals surface area (Å²) in [6.07, 6.45) is 1.75. The summed E-state index contributed by atoms with van der Waals surface area (Å²) >= 11 is 2.69. The molecule has 3 aromatic rings. The van der Waals surface area contributed by atoms with E-state index in [-0.39, 0.29) is 5.91 Å². The summed E-state index contributed by atoms with van der Waals surface area (Å²) in [7, 11) is 0. The second-order valence-corrected chi connectivity index (χ2v) is 6.74. The highest BCUT2D eigenvalue weighted by atomic mass is 32.1. The zero-order chi connectivity index (χ0) is 16.2. The van der Waals surface area contributed by atoms with Crippen LogP contribution in [0.1, 0.15) is 34.6 Å². The summed E-state index contributed by atoms with van der Waals surface area (Å²) in [5.41, 5.74) is 3.88. The third-order valence-corrected chi connectivity index (χ3v) is 5.29. The first-order valence-corrected chi connectivity index (χ1v) is 9.18. The van der Waals surface area contributed by atoms with E-state index < -0.39 is 0 Å². The van der Waals surface area contributed by atoms with Crippen molar-refractivity contribution in [2.24, 2.45) is 0 Å². The van der Waals surface area contributed by atoms with E-state index in [4.69, 9.17) is 0 Å². The van der Waals surface area contributed by atoms with Gasteiger partial charge in [0.1, 0.15) is 10.6 Å². The van der Waals surface area contributed by atoms with Crippen molar-refractivity contribution >= 4 is 34.5 Å². The minimum absolute atomic E-state index is 0.140. The first kappa shape index (κ1) is 15.8. The first-order valence-electron chi connectivity index (χ1n) is 7.52. The molecule has 6 heteroatoms. The standard InChI is InChI=1S/C17H17N3OS2/c1-3-11-7-5-8-12(4-2)14(11)18-17(21)16-15(19-20-23-16)13-9-6-10-22-13/h5-10H,3-4H2,1-2H3,(H,18,21). The number of nitrogens with zero attached hydrogens (tertiary/aromatic N) is 2. The number of hydrogen-bond acceptors (Lipinski definition) is 5. The first-order chi connectivity index (χ1) is 11.2. The van der Waals surface area contributed by atoms with Gasteiger partial charge >= 0.3 is 0 Å². The van der Waals surface area contributed by atoms with E-state index in [1.807, 2.05) is 23.6 Å². The normalized spacial score (nSPS) is 10.7. The van der Waals surface area contributed by atoms with Crippen LogP contribution in [-0.4, -0.2) is 15.5 Å². The number of thiophene rings is 1. The highest BCUT2D eigenvalue weighted by Gasteiger charge is 2.20. The molecule has 0 unspecified atom stereocenters. The minimum Gasteiger partial charge on any atom is -0.321 e. The average Bonchev–Trinajstić information content (AvgIpc) is 3.25. The Labute approximate surface area is 143 Å². The fraction of sp³-hybridized carbons (Fsp3) is 0.235. The molecule has 0 bridgehead atoms. The van der Waals surface area contributed by atoms with Crippen molar-refractivity contribution in [3.63, 3.8) is 0 Å². The Kier molecular flexibility index (Phi) is 4.83. The van der Waals surface area contributed by atoms with Crippen molar-refractivity contribution in [2.45, 2.75) is 26.7 Å². The van der Waals surface area contributed by atoms with E-state index in [1.165, 1.54) is 0 Å². The molecule has 0 saturated carbocycles. The Morgan fingerprint density at radius 2 is 1.87 bits per heavy atom. The van der Waals surface area contributed by atoms with Gasteiger partial charge in [0, 0.05) is 5.69 Å². The zero-order valence-corrected chi connectivity index (χ0v) is 14.6. The van der Waals surface area contributed by atoms with Gasteiger partial charge in [-0.2, -0.15) is 0 Å². The summed E-state index contributed by atoms with van der Waals surface area (Å²) in [5.74, 6) is -0.140. The van der Waals surface area contributed by atoms with Crippen molar-refractivity contribution in [3.05, 3.63) is 51.7 Å². The predicted octanol–water partition coefficient (Wildman–Crippen LogP) is 4.64. The molecule has 1 amide bonds. The van der Waals surface area contributed by atoms with Crippen LogP contribution < -0.4 is 5.32 Å². The van der Waals surface area contributed by atoms with E-state index in [9.17, 15) is 4.79 Å². The van der Waals surface area contributed by atoms with Crippen molar-refractivity contribution in [1.29, 1.82) is 0 Å². The fourth-order valence-electron chi connectivity index (χ4n) is 2.49. The summed E-state index contributed by atoms with van der Waals surface area (Å²) in [4.78, 5) is 14.3. The number of hydrogen-bond donors (Lipinski definition) is 1. The third kappa shape index (κ3) is 3.18. The summed E-state index contributed by atoms with van der Waals surface area (Å²) in [5, 5.41) is 9.18.